The van der Waals surface area contributed by atoms with Crippen molar-refractivity contribution in [3.05, 3.63) is 29.6 Å². The van der Waals surface area contributed by atoms with Crippen molar-refractivity contribution in [1.82, 2.24) is 0 Å². The standard InChI is InChI=1S/C6H2F3.Sn.H/c7-4-1-5(8)3-6(9)2-4;;/h1-2H;;. The van der Waals surface area contributed by atoms with Gasteiger partial charge < -0.3 is 0 Å². The monoisotopic (exact) mass is 252 g/mol. The fourth-order valence-electron chi connectivity index (χ4n) is 0.553. The van der Waals surface area contributed by atoms with E-state index in [1.807, 2.05) is 0 Å². The van der Waals surface area contributed by atoms with Gasteiger partial charge in [0.15, 0.2) is 0 Å². The summed E-state index contributed by atoms with van der Waals surface area (Å²) < 4.78 is 36.9. The fraction of sp³-hybridized carbons (Fsp3) is 0. The van der Waals surface area contributed by atoms with Crippen molar-refractivity contribution < 1.29 is 13.2 Å². The maximum atomic E-state index is 12.4. The van der Waals surface area contributed by atoms with Gasteiger partial charge in [0, 0.05) is 0 Å². The fourth-order valence-corrected chi connectivity index (χ4v) is 1.03. The third-order valence-corrected chi connectivity index (χ3v) is 2.62. The van der Waals surface area contributed by atoms with Crippen LogP contribution in [0.3, 0.4) is 0 Å². The molecule has 0 nitrogen and oxygen atoms in total. The number of hydrogen-bond acceptors (Lipinski definition) is 0. The topological polar surface area (TPSA) is 0 Å². The first-order valence-electron chi connectivity index (χ1n) is 2.51. The summed E-state index contributed by atoms with van der Waals surface area (Å²) in [6, 6.07) is 1.37. The van der Waals surface area contributed by atoms with E-state index in [0.717, 1.165) is 0 Å². The second-order valence-electron chi connectivity index (χ2n) is 1.78. The van der Waals surface area contributed by atoms with Crippen LogP contribution >= 0.6 is 0 Å². The van der Waals surface area contributed by atoms with Crippen molar-refractivity contribution in [2.75, 3.05) is 0 Å². The molecular weight excluding hydrogens is 248 g/mol. The molecular formula is C6H3F3Sn. The van der Waals surface area contributed by atoms with Crippen LogP contribution in [0, 0.1) is 17.5 Å². The molecule has 2 radical (unpaired) electrons. The third-order valence-electron chi connectivity index (χ3n) is 1.04. The Morgan fingerprint density at radius 3 is 1.80 bits per heavy atom. The maximum absolute atomic E-state index is 12.4. The van der Waals surface area contributed by atoms with Gasteiger partial charge in [-0.2, -0.15) is 0 Å². The SMILES string of the molecule is Fc1cc(F)[c]([SnH])c(F)c1. The minimum absolute atomic E-state index is 0.0215. The molecule has 0 aliphatic carbocycles. The summed E-state index contributed by atoms with van der Waals surface area (Å²) in [5.74, 6) is -2.45. The molecule has 0 aromatic heterocycles. The molecule has 0 saturated heterocycles. The summed E-state index contributed by atoms with van der Waals surface area (Å²) in [6.45, 7) is 0. The van der Waals surface area contributed by atoms with Crippen molar-refractivity contribution in [1.29, 1.82) is 0 Å². The predicted molar refractivity (Wildman–Crippen MR) is 33.1 cm³/mol. The second-order valence-corrected chi connectivity index (χ2v) is 3.43. The number of benzene rings is 1. The zero-order valence-corrected chi connectivity index (χ0v) is 8.16. The third kappa shape index (κ3) is 1.45. The zero-order chi connectivity index (χ0) is 7.72. The molecule has 52 valence electrons. The van der Waals surface area contributed by atoms with Crippen LogP contribution in [0.5, 0.6) is 0 Å². The minimum atomic E-state index is -0.868. The molecule has 0 unspecified atom stereocenters. The first kappa shape index (κ1) is 7.91. The Balaban J connectivity index is 3.31. The molecule has 1 aromatic rings. The van der Waals surface area contributed by atoms with Gasteiger partial charge >= 0.3 is 68.9 Å². The Kier molecular flexibility index (Phi) is 2.23. The average molecular weight is 251 g/mol. The van der Waals surface area contributed by atoms with E-state index in [0.29, 0.717) is 34.7 Å². The van der Waals surface area contributed by atoms with Gasteiger partial charge in [-0.15, -0.1) is 0 Å². The van der Waals surface area contributed by atoms with Gasteiger partial charge in [-0.05, 0) is 0 Å². The molecule has 0 fully saturated rings. The summed E-state index contributed by atoms with van der Waals surface area (Å²) in [4.78, 5) is 0. The number of halogens is 3. The van der Waals surface area contributed by atoms with Crippen LogP contribution in [0.2, 0.25) is 0 Å². The molecule has 0 spiro atoms. The van der Waals surface area contributed by atoms with Gasteiger partial charge in [-0.3, -0.25) is 0 Å². The van der Waals surface area contributed by atoms with Gasteiger partial charge in [-0.25, -0.2) is 0 Å². The van der Waals surface area contributed by atoms with Gasteiger partial charge in [0.05, 0.1) is 0 Å². The number of hydrogen-bond donors (Lipinski definition) is 0. The van der Waals surface area contributed by atoms with Crippen LogP contribution in [0.15, 0.2) is 12.1 Å². The molecule has 4 heteroatoms. The van der Waals surface area contributed by atoms with Crippen LogP contribution in [0.4, 0.5) is 13.2 Å². The Morgan fingerprint density at radius 2 is 1.40 bits per heavy atom. The molecule has 0 heterocycles. The first-order chi connectivity index (χ1) is 4.61. The van der Waals surface area contributed by atoms with Crippen LogP contribution in [0.25, 0.3) is 0 Å². The Morgan fingerprint density at radius 1 is 1.00 bits per heavy atom. The summed E-state index contributed by atoms with van der Waals surface area (Å²) in [7, 11) is 0. The average Bonchev–Trinajstić information content (AvgIpc) is 1.82. The molecule has 0 amide bonds. The molecule has 0 aliphatic rings. The van der Waals surface area contributed by atoms with E-state index in [4.69, 9.17) is 0 Å². The second kappa shape index (κ2) is 2.82. The van der Waals surface area contributed by atoms with E-state index < -0.39 is 17.5 Å². The normalized spacial score (nSPS) is 10.0. The summed E-state index contributed by atoms with van der Waals surface area (Å²) in [5, 5.41) is 0. The van der Waals surface area contributed by atoms with E-state index in [-0.39, 0.29) is 3.58 Å². The quantitative estimate of drug-likeness (QED) is 0.593. The van der Waals surface area contributed by atoms with Crippen molar-refractivity contribution in [3.63, 3.8) is 0 Å². The van der Waals surface area contributed by atoms with E-state index in [9.17, 15) is 13.2 Å². The molecule has 0 atom stereocenters. The van der Waals surface area contributed by atoms with Crippen molar-refractivity contribution >= 4 is 26.1 Å². The van der Waals surface area contributed by atoms with Gasteiger partial charge in [0.1, 0.15) is 0 Å². The zero-order valence-electron chi connectivity index (χ0n) is 4.87. The number of rotatable bonds is 0. The van der Waals surface area contributed by atoms with Crippen LogP contribution in [-0.4, -0.2) is 22.5 Å². The van der Waals surface area contributed by atoms with E-state index >= 15 is 0 Å². The van der Waals surface area contributed by atoms with Crippen molar-refractivity contribution in [2.45, 2.75) is 0 Å². The van der Waals surface area contributed by atoms with E-state index in [1.54, 1.807) is 0 Å². The molecule has 1 rings (SSSR count). The van der Waals surface area contributed by atoms with Crippen LogP contribution < -0.4 is 3.58 Å². The molecule has 1 aromatic carbocycles. The molecule has 0 bridgehead atoms. The van der Waals surface area contributed by atoms with Gasteiger partial charge in [-0.1, -0.05) is 0 Å². The van der Waals surface area contributed by atoms with Gasteiger partial charge in [0.25, 0.3) is 0 Å². The Bertz CT molecular complexity index is 236. The van der Waals surface area contributed by atoms with Crippen molar-refractivity contribution in [2.24, 2.45) is 0 Å². The summed E-state index contributed by atoms with van der Waals surface area (Å²) in [5.41, 5.74) is 0. The van der Waals surface area contributed by atoms with E-state index in [1.165, 1.54) is 0 Å². The first-order valence-corrected chi connectivity index (χ1v) is 4.16. The van der Waals surface area contributed by atoms with Gasteiger partial charge in [0.2, 0.25) is 0 Å². The molecule has 0 saturated carbocycles. The Labute approximate surface area is 69.1 Å². The Hall–Kier alpha value is -0.191. The predicted octanol–water partition coefficient (Wildman–Crippen LogP) is 0.630. The van der Waals surface area contributed by atoms with Crippen LogP contribution in [-0.2, 0) is 0 Å². The van der Waals surface area contributed by atoms with Crippen molar-refractivity contribution in [3.8, 4) is 0 Å². The summed E-state index contributed by atoms with van der Waals surface area (Å²) >= 11 is 0.323. The molecule has 0 N–H and O–H groups in total. The van der Waals surface area contributed by atoms with Crippen LogP contribution in [0.1, 0.15) is 0 Å². The summed E-state index contributed by atoms with van der Waals surface area (Å²) in [6.07, 6.45) is 0. The molecule has 0 aliphatic heterocycles. The van der Waals surface area contributed by atoms with E-state index in [2.05, 4.69) is 0 Å². The molecule has 10 heavy (non-hydrogen) atoms.